The Balaban J connectivity index is 1.39. The highest BCUT2D eigenvalue weighted by Gasteiger charge is 2.33. The smallest absolute Gasteiger partial charge is 0.247 e. The topological polar surface area (TPSA) is 133 Å². The standard InChI is InChI=1S/C30H38FN7O6/c1-41-25-10-7-22(18-26(25)42-2)29-33-35-38(34-29)20-27(39)37(12-11-36-13-16-43-17-14-36)28(21-5-8-23(31)9-6-21)30(40)32-19-24-4-3-15-44-24/h5-10,18,24,28H,3-4,11-17,19-20H2,1-2H3,(H,32,40). The van der Waals surface area contributed by atoms with E-state index in [0.29, 0.717) is 74.5 Å². The predicted octanol–water partition coefficient (Wildman–Crippen LogP) is 1.69. The number of halogens is 1. The van der Waals surface area contributed by atoms with Crippen molar-refractivity contribution < 1.29 is 32.9 Å². The van der Waals surface area contributed by atoms with Gasteiger partial charge in [-0.25, -0.2) is 4.39 Å². The molecule has 1 N–H and O–H groups in total. The summed E-state index contributed by atoms with van der Waals surface area (Å²) in [7, 11) is 3.08. The van der Waals surface area contributed by atoms with Crippen LogP contribution < -0.4 is 14.8 Å². The number of methoxy groups -OCH3 is 2. The lowest BCUT2D eigenvalue weighted by atomic mass is 10.0. The highest BCUT2D eigenvalue weighted by atomic mass is 19.1. The van der Waals surface area contributed by atoms with E-state index < -0.39 is 17.8 Å². The molecule has 13 nitrogen and oxygen atoms in total. The summed E-state index contributed by atoms with van der Waals surface area (Å²) in [5, 5.41) is 15.6. The third kappa shape index (κ3) is 7.87. The maximum Gasteiger partial charge on any atom is 0.247 e. The number of nitrogens with zero attached hydrogens (tertiary/aromatic N) is 6. The number of morpholine rings is 1. The molecular formula is C30H38FN7O6. The lowest BCUT2D eigenvalue weighted by Crippen LogP contribution is -2.49. The average molecular weight is 612 g/mol. The van der Waals surface area contributed by atoms with E-state index >= 15 is 0 Å². The van der Waals surface area contributed by atoms with E-state index in [0.717, 1.165) is 12.8 Å². The molecule has 0 radical (unpaired) electrons. The first kappa shape index (κ1) is 31.3. The molecular weight excluding hydrogens is 573 g/mol. The van der Waals surface area contributed by atoms with E-state index in [9.17, 15) is 14.0 Å². The zero-order chi connectivity index (χ0) is 30.9. The number of carbonyl (C=O) groups excluding carboxylic acids is 2. The van der Waals surface area contributed by atoms with Gasteiger partial charge in [-0.1, -0.05) is 12.1 Å². The lowest BCUT2D eigenvalue weighted by Gasteiger charge is -2.34. The molecule has 2 unspecified atom stereocenters. The van der Waals surface area contributed by atoms with Gasteiger partial charge in [-0.05, 0) is 54.0 Å². The third-order valence-corrected chi connectivity index (χ3v) is 7.73. The van der Waals surface area contributed by atoms with E-state index in [1.807, 2.05) is 0 Å². The molecule has 2 aliphatic rings. The molecule has 2 fully saturated rings. The zero-order valence-corrected chi connectivity index (χ0v) is 25.0. The van der Waals surface area contributed by atoms with Gasteiger partial charge in [0, 0.05) is 44.9 Å². The molecule has 3 heterocycles. The molecule has 2 aromatic carbocycles. The van der Waals surface area contributed by atoms with Crippen molar-refractivity contribution in [2.75, 3.05) is 66.8 Å². The molecule has 2 amide bonds. The largest absolute Gasteiger partial charge is 0.493 e. The molecule has 3 aromatic rings. The van der Waals surface area contributed by atoms with Gasteiger partial charge in [0.15, 0.2) is 11.5 Å². The molecule has 14 heteroatoms. The normalized spacial score (nSPS) is 17.7. The Labute approximate surface area is 255 Å². The van der Waals surface area contributed by atoms with Crippen LogP contribution >= 0.6 is 0 Å². The number of hydrogen-bond acceptors (Lipinski definition) is 10. The van der Waals surface area contributed by atoms with Crippen LogP contribution in [0.15, 0.2) is 42.5 Å². The van der Waals surface area contributed by atoms with Gasteiger partial charge in [-0.3, -0.25) is 14.5 Å². The van der Waals surface area contributed by atoms with Crippen molar-refractivity contribution in [1.29, 1.82) is 0 Å². The molecule has 0 bridgehead atoms. The van der Waals surface area contributed by atoms with Crippen LogP contribution in [0.5, 0.6) is 11.5 Å². The molecule has 2 atom stereocenters. The van der Waals surface area contributed by atoms with Crippen molar-refractivity contribution in [2.24, 2.45) is 0 Å². The quantitative estimate of drug-likeness (QED) is 0.305. The molecule has 44 heavy (non-hydrogen) atoms. The summed E-state index contributed by atoms with van der Waals surface area (Å²) in [5.41, 5.74) is 1.12. The molecule has 0 aliphatic carbocycles. The molecule has 236 valence electrons. The van der Waals surface area contributed by atoms with Crippen molar-refractivity contribution in [2.45, 2.75) is 31.5 Å². The number of nitrogens with one attached hydrogen (secondary N) is 1. The van der Waals surface area contributed by atoms with Crippen LogP contribution in [0.2, 0.25) is 0 Å². The van der Waals surface area contributed by atoms with Gasteiger partial charge in [0.1, 0.15) is 18.4 Å². The van der Waals surface area contributed by atoms with Crippen molar-refractivity contribution >= 4 is 11.8 Å². The van der Waals surface area contributed by atoms with Gasteiger partial charge >= 0.3 is 0 Å². The maximum atomic E-state index is 14.0. The first-order valence-corrected chi connectivity index (χ1v) is 14.7. The van der Waals surface area contributed by atoms with Crippen molar-refractivity contribution in [3.05, 3.63) is 53.8 Å². The van der Waals surface area contributed by atoms with Gasteiger partial charge in [-0.2, -0.15) is 4.80 Å². The van der Waals surface area contributed by atoms with Gasteiger partial charge in [0.2, 0.25) is 17.6 Å². The summed E-state index contributed by atoms with van der Waals surface area (Å²) in [6, 6.07) is 9.84. The Morgan fingerprint density at radius 1 is 1.09 bits per heavy atom. The molecule has 0 saturated carbocycles. The van der Waals surface area contributed by atoms with E-state index in [-0.39, 0.29) is 25.1 Å². The van der Waals surface area contributed by atoms with Gasteiger partial charge in [0.05, 0.1) is 33.5 Å². The number of rotatable bonds is 13. The van der Waals surface area contributed by atoms with Crippen LogP contribution in [0.3, 0.4) is 0 Å². The Kier molecular flexibility index (Phi) is 10.7. The first-order chi connectivity index (χ1) is 21.4. The monoisotopic (exact) mass is 611 g/mol. The van der Waals surface area contributed by atoms with Crippen molar-refractivity contribution in [1.82, 2.24) is 35.3 Å². The predicted molar refractivity (Wildman–Crippen MR) is 156 cm³/mol. The summed E-state index contributed by atoms with van der Waals surface area (Å²) >= 11 is 0. The third-order valence-electron chi connectivity index (χ3n) is 7.73. The number of aromatic nitrogens is 4. The summed E-state index contributed by atoms with van der Waals surface area (Å²) in [5.74, 6) is 0.147. The highest BCUT2D eigenvalue weighted by molar-refractivity contribution is 5.88. The van der Waals surface area contributed by atoms with E-state index in [1.54, 1.807) is 25.3 Å². The SMILES string of the molecule is COc1ccc(-c2nnn(CC(=O)N(CCN3CCOCC3)C(C(=O)NCC3CCCO3)c3ccc(F)cc3)n2)cc1OC. The number of tetrazole rings is 1. The Morgan fingerprint density at radius 2 is 1.86 bits per heavy atom. The van der Waals surface area contributed by atoms with Crippen LogP contribution in [0.1, 0.15) is 24.4 Å². The number of carbonyl (C=O) groups is 2. The Morgan fingerprint density at radius 3 is 2.57 bits per heavy atom. The van der Waals surface area contributed by atoms with Gasteiger partial charge < -0.3 is 29.2 Å². The van der Waals surface area contributed by atoms with Crippen LogP contribution in [-0.2, 0) is 25.6 Å². The van der Waals surface area contributed by atoms with Gasteiger partial charge in [-0.15, -0.1) is 10.2 Å². The second-order valence-electron chi connectivity index (χ2n) is 10.6. The summed E-state index contributed by atoms with van der Waals surface area (Å²) in [6.45, 7) is 4.10. The second kappa shape index (κ2) is 15.0. The molecule has 5 rings (SSSR count). The zero-order valence-electron chi connectivity index (χ0n) is 25.0. The minimum atomic E-state index is -1.01. The van der Waals surface area contributed by atoms with E-state index in [4.69, 9.17) is 18.9 Å². The molecule has 0 spiro atoms. The average Bonchev–Trinajstić information content (AvgIpc) is 3.75. The lowest BCUT2D eigenvalue weighted by molar-refractivity contribution is -0.142. The molecule has 2 aliphatic heterocycles. The van der Waals surface area contributed by atoms with E-state index in [2.05, 4.69) is 25.6 Å². The Bertz CT molecular complexity index is 1390. The fourth-order valence-electron chi connectivity index (χ4n) is 5.32. The number of amides is 2. The maximum absolute atomic E-state index is 14.0. The second-order valence-corrected chi connectivity index (χ2v) is 10.6. The molecule has 1 aromatic heterocycles. The number of ether oxygens (including phenoxy) is 4. The summed E-state index contributed by atoms with van der Waals surface area (Å²) in [4.78, 5) is 32.7. The Hall–Kier alpha value is -4.14. The highest BCUT2D eigenvalue weighted by Crippen LogP contribution is 2.31. The fraction of sp³-hybridized carbons (Fsp3) is 0.500. The van der Waals surface area contributed by atoms with Gasteiger partial charge in [0.25, 0.3) is 0 Å². The number of hydrogen-bond donors (Lipinski definition) is 1. The van der Waals surface area contributed by atoms with Crippen molar-refractivity contribution in [3.63, 3.8) is 0 Å². The minimum Gasteiger partial charge on any atom is -0.493 e. The van der Waals surface area contributed by atoms with Crippen molar-refractivity contribution in [3.8, 4) is 22.9 Å². The summed E-state index contributed by atoms with van der Waals surface area (Å²) in [6.07, 6.45) is 1.70. The first-order valence-electron chi connectivity index (χ1n) is 14.7. The minimum absolute atomic E-state index is 0.0836. The molecule has 2 saturated heterocycles. The number of benzene rings is 2. The van der Waals surface area contributed by atoms with Crippen LogP contribution in [0, 0.1) is 5.82 Å². The summed E-state index contributed by atoms with van der Waals surface area (Å²) < 4.78 is 35.7. The fourth-order valence-corrected chi connectivity index (χ4v) is 5.32. The van der Waals surface area contributed by atoms with Crippen LogP contribution in [0.4, 0.5) is 4.39 Å². The van der Waals surface area contributed by atoms with Crippen LogP contribution in [0.25, 0.3) is 11.4 Å². The van der Waals surface area contributed by atoms with E-state index in [1.165, 1.54) is 41.1 Å². The van der Waals surface area contributed by atoms with Crippen LogP contribution in [-0.4, -0.2) is 115 Å².